The molecule has 1 aliphatic heterocycles. The van der Waals surface area contributed by atoms with Crippen LogP contribution in [0.15, 0.2) is 18.2 Å². The van der Waals surface area contributed by atoms with E-state index in [4.69, 9.17) is 10.00 Å². The molecule has 2 rings (SSSR count). The maximum absolute atomic E-state index is 10.7. The molecule has 1 heterocycles. The van der Waals surface area contributed by atoms with E-state index in [-0.39, 0.29) is 11.8 Å². The smallest absolute Gasteiger partial charge is 0.270 e. The standard InChI is InChI=1S/C14H17N3O3/c1-16(10-13-4-2-3-7-20-13)14-6-5-12(17(18)19)8-11(14)9-15/h5-6,8,13H,2-4,7,10H2,1H3. The maximum atomic E-state index is 10.7. The summed E-state index contributed by atoms with van der Waals surface area (Å²) in [4.78, 5) is 12.2. The number of likely N-dealkylation sites (N-methyl/N-ethyl adjacent to an activating group) is 1. The molecule has 106 valence electrons. The molecular weight excluding hydrogens is 258 g/mol. The van der Waals surface area contributed by atoms with Gasteiger partial charge in [-0.25, -0.2) is 0 Å². The first kappa shape index (κ1) is 14.3. The predicted molar refractivity (Wildman–Crippen MR) is 74.7 cm³/mol. The lowest BCUT2D eigenvalue weighted by Gasteiger charge is -2.29. The summed E-state index contributed by atoms with van der Waals surface area (Å²) in [6.07, 6.45) is 3.43. The first-order valence-corrected chi connectivity index (χ1v) is 6.63. The second kappa shape index (κ2) is 6.35. The van der Waals surface area contributed by atoms with E-state index in [0.29, 0.717) is 17.8 Å². The molecule has 1 unspecified atom stereocenters. The highest BCUT2D eigenvalue weighted by molar-refractivity contribution is 5.62. The van der Waals surface area contributed by atoms with E-state index in [2.05, 4.69) is 0 Å². The lowest BCUT2D eigenvalue weighted by molar-refractivity contribution is -0.384. The zero-order chi connectivity index (χ0) is 14.5. The van der Waals surface area contributed by atoms with Gasteiger partial charge in [0, 0.05) is 32.3 Å². The summed E-state index contributed by atoms with van der Waals surface area (Å²) in [5, 5.41) is 19.9. The minimum absolute atomic E-state index is 0.0624. The van der Waals surface area contributed by atoms with Crippen LogP contribution in [0.2, 0.25) is 0 Å². The molecule has 0 aromatic heterocycles. The van der Waals surface area contributed by atoms with Crippen LogP contribution in [-0.2, 0) is 4.74 Å². The van der Waals surface area contributed by atoms with Gasteiger partial charge in [-0.1, -0.05) is 0 Å². The van der Waals surface area contributed by atoms with Gasteiger partial charge in [0.2, 0.25) is 0 Å². The van der Waals surface area contributed by atoms with Crippen molar-refractivity contribution in [3.63, 3.8) is 0 Å². The number of nitrogens with zero attached hydrogens (tertiary/aromatic N) is 3. The Hall–Kier alpha value is -2.13. The number of rotatable bonds is 4. The van der Waals surface area contributed by atoms with Gasteiger partial charge in [0.1, 0.15) is 6.07 Å². The van der Waals surface area contributed by atoms with Gasteiger partial charge in [-0.3, -0.25) is 10.1 Å². The van der Waals surface area contributed by atoms with Crippen LogP contribution in [0.25, 0.3) is 0 Å². The van der Waals surface area contributed by atoms with Gasteiger partial charge in [-0.2, -0.15) is 5.26 Å². The molecule has 0 amide bonds. The van der Waals surface area contributed by atoms with Crippen LogP contribution in [0.4, 0.5) is 11.4 Å². The minimum Gasteiger partial charge on any atom is -0.376 e. The average molecular weight is 275 g/mol. The Morgan fingerprint density at radius 1 is 1.55 bits per heavy atom. The zero-order valence-corrected chi connectivity index (χ0v) is 11.4. The van der Waals surface area contributed by atoms with E-state index >= 15 is 0 Å². The fourth-order valence-electron chi connectivity index (χ4n) is 2.42. The topological polar surface area (TPSA) is 79.4 Å². The molecule has 0 N–H and O–H groups in total. The van der Waals surface area contributed by atoms with Crippen molar-refractivity contribution in [1.29, 1.82) is 5.26 Å². The van der Waals surface area contributed by atoms with E-state index < -0.39 is 4.92 Å². The monoisotopic (exact) mass is 275 g/mol. The SMILES string of the molecule is CN(CC1CCCCO1)c1ccc([N+](=O)[O-])cc1C#N. The van der Waals surface area contributed by atoms with Gasteiger partial charge in [0.05, 0.1) is 22.3 Å². The molecule has 6 nitrogen and oxygen atoms in total. The number of nitriles is 1. The first-order chi connectivity index (χ1) is 9.61. The molecule has 1 saturated heterocycles. The second-order valence-electron chi connectivity index (χ2n) is 4.94. The summed E-state index contributed by atoms with van der Waals surface area (Å²) in [6, 6.07) is 6.38. The van der Waals surface area contributed by atoms with Gasteiger partial charge in [0.15, 0.2) is 0 Å². The Kier molecular flexibility index (Phi) is 4.53. The molecule has 0 saturated carbocycles. The van der Waals surface area contributed by atoms with Crippen LogP contribution in [-0.4, -0.2) is 31.2 Å². The molecule has 0 aliphatic carbocycles. The Labute approximate surface area is 117 Å². The van der Waals surface area contributed by atoms with Crippen molar-refractivity contribution in [2.45, 2.75) is 25.4 Å². The van der Waals surface area contributed by atoms with Crippen molar-refractivity contribution in [2.24, 2.45) is 0 Å². The first-order valence-electron chi connectivity index (χ1n) is 6.63. The highest BCUT2D eigenvalue weighted by Crippen LogP contribution is 2.25. The van der Waals surface area contributed by atoms with E-state index in [1.807, 2.05) is 18.0 Å². The number of nitro groups is 1. The number of non-ortho nitro benzene ring substituents is 1. The fraction of sp³-hybridized carbons (Fsp3) is 0.500. The van der Waals surface area contributed by atoms with Crippen molar-refractivity contribution in [2.75, 3.05) is 25.1 Å². The summed E-state index contributed by atoms with van der Waals surface area (Å²) in [5.74, 6) is 0. The second-order valence-corrected chi connectivity index (χ2v) is 4.94. The van der Waals surface area contributed by atoms with Crippen LogP contribution >= 0.6 is 0 Å². The average Bonchev–Trinajstić information content (AvgIpc) is 2.47. The normalized spacial score (nSPS) is 18.3. The minimum atomic E-state index is -0.491. The number of benzene rings is 1. The Balaban J connectivity index is 2.14. The van der Waals surface area contributed by atoms with Gasteiger partial charge in [0.25, 0.3) is 5.69 Å². The Morgan fingerprint density at radius 3 is 2.95 bits per heavy atom. The van der Waals surface area contributed by atoms with E-state index in [1.165, 1.54) is 12.1 Å². The van der Waals surface area contributed by atoms with Crippen LogP contribution < -0.4 is 4.90 Å². The lowest BCUT2D eigenvalue weighted by atomic mass is 10.1. The zero-order valence-electron chi connectivity index (χ0n) is 11.4. The number of nitro benzene ring substituents is 1. The van der Waals surface area contributed by atoms with E-state index in [9.17, 15) is 10.1 Å². The summed E-state index contributed by atoms with van der Waals surface area (Å²) in [7, 11) is 1.87. The Bertz CT molecular complexity index is 533. The largest absolute Gasteiger partial charge is 0.376 e. The van der Waals surface area contributed by atoms with E-state index in [1.54, 1.807) is 6.07 Å². The maximum Gasteiger partial charge on any atom is 0.270 e. The van der Waals surface area contributed by atoms with Gasteiger partial charge in [-0.15, -0.1) is 0 Å². The Morgan fingerprint density at radius 2 is 2.35 bits per heavy atom. The molecule has 1 atom stereocenters. The molecule has 0 spiro atoms. The lowest BCUT2D eigenvalue weighted by Crippen LogP contribution is -2.33. The number of hydrogen-bond acceptors (Lipinski definition) is 5. The van der Waals surface area contributed by atoms with Crippen molar-refractivity contribution in [3.05, 3.63) is 33.9 Å². The highest BCUT2D eigenvalue weighted by Gasteiger charge is 2.19. The summed E-state index contributed by atoms with van der Waals surface area (Å²) < 4.78 is 5.67. The quantitative estimate of drug-likeness (QED) is 0.623. The van der Waals surface area contributed by atoms with Crippen molar-refractivity contribution < 1.29 is 9.66 Å². The van der Waals surface area contributed by atoms with Crippen LogP contribution in [0, 0.1) is 21.4 Å². The molecule has 6 heteroatoms. The number of hydrogen-bond donors (Lipinski definition) is 0. The molecule has 1 aromatic rings. The number of ether oxygens (including phenoxy) is 1. The molecule has 0 bridgehead atoms. The van der Waals surface area contributed by atoms with E-state index in [0.717, 1.165) is 25.9 Å². The molecular formula is C14H17N3O3. The third-order valence-electron chi connectivity index (χ3n) is 3.47. The van der Waals surface area contributed by atoms with Gasteiger partial charge < -0.3 is 9.64 Å². The summed E-state index contributed by atoms with van der Waals surface area (Å²) in [6.45, 7) is 1.47. The predicted octanol–water partition coefficient (Wildman–Crippen LogP) is 2.47. The molecule has 1 aromatic carbocycles. The third kappa shape index (κ3) is 3.25. The molecule has 1 fully saturated rings. The number of anilines is 1. The van der Waals surface area contributed by atoms with Crippen LogP contribution in [0.3, 0.4) is 0 Å². The van der Waals surface area contributed by atoms with Crippen molar-refractivity contribution >= 4 is 11.4 Å². The summed E-state index contributed by atoms with van der Waals surface area (Å²) >= 11 is 0. The summed E-state index contributed by atoms with van der Waals surface area (Å²) in [5.41, 5.74) is 0.956. The van der Waals surface area contributed by atoms with Crippen molar-refractivity contribution in [1.82, 2.24) is 0 Å². The van der Waals surface area contributed by atoms with Crippen LogP contribution in [0.1, 0.15) is 24.8 Å². The van der Waals surface area contributed by atoms with Gasteiger partial charge in [-0.05, 0) is 25.3 Å². The van der Waals surface area contributed by atoms with Gasteiger partial charge >= 0.3 is 0 Å². The molecule has 0 radical (unpaired) electrons. The van der Waals surface area contributed by atoms with Crippen LogP contribution in [0.5, 0.6) is 0 Å². The highest BCUT2D eigenvalue weighted by atomic mass is 16.6. The third-order valence-corrected chi connectivity index (χ3v) is 3.47. The van der Waals surface area contributed by atoms with Crippen molar-refractivity contribution in [3.8, 4) is 6.07 Å². The molecule has 20 heavy (non-hydrogen) atoms. The molecule has 1 aliphatic rings. The fourth-order valence-corrected chi connectivity index (χ4v) is 2.42.